The number of hydrogen-bond donors (Lipinski definition) is 3. The van der Waals surface area contributed by atoms with Crippen LogP contribution in [0.2, 0.25) is 10.0 Å². The summed E-state index contributed by atoms with van der Waals surface area (Å²) in [6.07, 6.45) is 2.43. The van der Waals surface area contributed by atoms with Gasteiger partial charge in [-0.05, 0) is 37.0 Å². The molecule has 1 saturated heterocycles. The first-order valence-corrected chi connectivity index (χ1v) is 8.65. The van der Waals surface area contributed by atoms with Gasteiger partial charge in [0.25, 0.3) is 0 Å². The Bertz CT molecular complexity index is 520. The summed E-state index contributed by atoms with van der Waals surface area (Å²) in [4.78, 5) is 14.0. The lowest BCUT2D eigenvalue weighted by molar-refractivity contribution is 0.186. The topological polar surface area (TPSA) is 64.6 Å². The molecule has 1 heterocycles. The average Bonchev–Trinajstić information content (AvgIpc) is 2.53. The van der Waals surface area contributed by atoms with E-state index in [0.29, 0.717) is 23.0 Å². The summed E-state index contributed by atoms with van der Waals surface area (Å²) >= 11 is 12.0. The number of carbonyl (C=O) groups is 1. The van der Waals surface area contributed by atoms with E-state index >= 15 is 0 Å². The second-order valence-corrected chi connectivity index (χ2v) is 6.59. The first-order chi connectivity index (χ1) is 11.1. The fourth-order valence-electron chi connectivity index (χ4n) is 2.65. The van der Waals surface area contributed by atoms with Crippen molar-refractivity contribution in [2.45, 2.75) is 31.8 Å². The number of nitrogens with one attached hydrogen (secondary N) is 2. The van der Waals surface area contributed by atoms with Crippen LogP contribution in [0, 0.1) is 0 Å². The highest BCUT2D eigenvalue weighted by molar-refractivity contribution is 6.42. The van der Waals surface area contributed by atoms with E-state index in [1.165, 1.54) is 0 Å². The lowest BCUT2D eigenvalue weighted by Crippen LogP contribution is -2.47. The normalized spacial score (nSPS) is 16.3. The van der Waals surface area contributed by atoms with E-state index in [9.17, 15) is 4.79 Å². The Kier molecular flexibility index (Phi) is 7.43. The minimum absolute atomic E-state index is 0.0907. The molecule has 0 spiro atoms. The lowest BCUT2D eigenvalue weighted by atomic mass is 10.0. The summed E-state index contributed by atoms with van der Waals surface area (Å²) in [5.74, 6) is 0. The fraction of sp³-hybridized carbons (Fsp3) is 0.562. The predicted octanol–water partition coefficient (Wildman–Crippen LogP) is 2.64. The number of halogens is 2. The van der Waals surface area contributed by atoms with Gasteiger partial charge in [0.1, 0.15) is 0 Å². The second-order valence-electron chi connectivity index (χ2n) is 5.78. The van der Waals surface area contributed by atoms with Crippen LogP contribution in [0.1, 0.15) is 24.8 Å². The number of piperidine rings is 1. The third-order valence-electron chi connectivity index (χ3n) is 3.93. The molecule has 0 atom stereocenters. The van der Waals surface area contributed by atoms with Crippen molar-refractivity contribution >= 4 is 29.2 Å². The number of rotatable bonds is 6. The molecule has 0 bridgehead atoms. The summed E-state index contributed by atoms with van der Waals surface area (Å²) in [6, 6.07) is 5.77. The predicted molar refractivity (Wildman–Crippen MR) is 93.0 cm³/mol. The number of aliphatic hydroxyl groups is 1. The molecule has 3 N–H and O–H groups in total. The van der Waals surface area contributed by atoms with E-state index < -0.39 is 0 Å². The molecular formula is C16H23Cl2N3O2. The van der Waals surface area contributed by atoms with Crippen LogP contribution in [-0.4, -0.2) is 48.3 Å². The molecule has 0 aliphatic carbocycles. The van der Waals surface area contributed by atoms with Crippen LogP contribution < -0.4 is 10.6 Å². The Morgan fingerprint density at radius 2 is 2.00 bits per heavy atom. The van der Waals surface area contributed by atoms with Crippen LogP contribution in [0.4, 0.5) is 4.79 Å². The van der Waals surface area contributed by atoms with E-state index in [2.05, 4.69) is 15.5 Å². The number of carbonyl (C=O) groups excluding carboxylic acids is 1. The molecule has 1 aromatic rings. The van der Waals surface area contributed by atoms with Gasteiger partial charge in [-0.1, -0.05) is 29.3 Å². The van der Waals surface area contributed by atoms with Gasteiger partial charge in [-0.3, -0.25) is 4.90 Å². The van der Waals surface area contributed by atoms with Gasteiger partial charge < -0.3 is 15.7 Å². The zero-order valence-electron chi connectivity index (χ0n) is 13.0. The van der Waals surface area contributed by atoms with Gasteiger partial charge in [0.2, 0.25) is 0 Å². The number of urea groups is 1. The number of aliphatic hydroxyl groups excluding tert-OH is 1. The van der Waals surface area contributed by atoms with Crippen LogP contribution >= 0.6 is 23.2 Å². The zero-order chi connectivity index (χ0) is 16.7. The molecule has 5 nitrogen and oxygen atoms in total. The summed E-state index contributed by atoms with van der Waals surface area (Å²) in [5, 5.41) is 15.6. The number of likely N-dealkylation sites (tertiary alicyclic amines) is 1. The van der Waals surface area contributed by atoms with Crippen LogP contribution in [0.15, 0.2) is 18.2 Å². The standard InChI is InChI=1S/C16H23Cl2N3O2/c17-14-3-2-12(10-15(14)18)11-21-7-4-13(5-8-21)20-16(23)19-6-1-9-22/h2-3,10,13,22H,1,4-9,11H2,(H2,19,20,23). The van der Waals surface area contributed by atoms with Crippen molar-refractivity contribution in [2.24, 2.45) is 0 Å². The van der Waals surface area contributed by atoms with Gasteiger partial charge in [-0.15, -0.1) is 0 Å². The van der Waals surface area contributed by atoms with E-state index in [1.54, 1.807) is 0 Å². The van der Waals surface area contributed by atoms with Crippen LogP contribution in [0.3, 0.4) is 0 Å². The maximum absolute atomic E-state index is 11.7. The van der Waals surface area contributed by atoms with Gasteiger partial charge in [-0.2, -0.15) is 0 Å². The summed E-state index contributed by atoms with van der Waals surface area (Å²) in [6.45, 7) is 3.29. The largest absolute Gasteiger partial charge is 0.396 e. The number of nitrogens with zero attached hydrogens (tertiary/aromatic N) is 1. The zero-order valence-corrected chi connectivity index (χ0v) is 14.5. The SMILES string of the molecule is O=C(NCCCO)NC1CCN(Cc2ccc(Cl)c(Cl)c2)CC1. The molecule has 2 rings (SSSR count). The molecule has 0 aromatic heterocycles. The molecule has 1 fully saturated rings. The average molecular weight is 360 g/mol. The van der Waals surface area contributed by atoms with E-state index in [4.69, 9.17) is 28.3 Å². The van der Waals surface area contributed by atoms with Crippen molar-refractivity contribution in [3.05, 3.63) is 33.8 Å². The van der Waals surface area contributed by atoms with Gasteiger partial charge in [-0.25, -0.2) is 4.79 Å². The first-order valence-electron chi connectivity index (χ1n) is 7.90. The molecule has 1 aromatic carbocycles. The van der Waals surface area contributed by atoms with Crippen molar-refractivity contribution < 1.29 is 9.90 Å². The number of amides is 2. The van der Waals surface area contributed by atoms with Crippen molar-refractivity contribution in [1.82, 2.24) is 15.5 Å². The molecule has 1 aliphatic rings. The Morgan fingerprint density at radius 3 is 2.65 bits per heavy atom. The summed E-state index contributed by atoms with van der Waals surface area (Å²) in [7, 11) is 0. The van der Waals surface area contributed by atoms with Crippen LogP contribution in [0.25, 0.3) is 0 Å². The molecule has 0 saturated carbocycles. The van der Waals surface area contributed by atoms with E-state index in [1.807, 2.05) is 18.2 Å². The van der Waals surface area contributed by atoms with E-state index in [0.717, 1.165) is 38.0 Å². The van der Waals surface area contributed by atoms with Crippen LogP contribution in [-0.2, 0) is 6.54 Å². The number of hydrogen-bond acceptors (Lipinski definition) is 3. The maximum Gasteiger partial charge on any atom is 0.315 e. The Hall–Kier alpha value is -1.01. The molecule has 7 heteroatoms. The molecular weight excluding hydrogens is 337 g/mol. The Labute approximate surface area is 146 Å². The van der Waals surface area contributed by atoms with Gasteiger partial charge >= 0.3 is 6.03 Å². The first kappa shape index (κ1) is 18.3. The molecule has 23 heavy (non-hydrogen) atoms. The molecule has 1 aliphatic heterocycles. The van der Waals surface area contributed by atoms with Crippen molar-refractivity contribution in [3.8, 4) is 0 Å². The third-order valence-corrected chi connectivity index (χ3v) is 4.67. The minimum atomic E-state index is -0.151. The highest BCUT2D eigenvalue weighted by atomic mass is 35.5. The van der Waals surface area contributed by atoms with Gasteiger partial charge in [0, 0.05) is 38.8 Å². The quantitative estimate of drug-likeness (QED) is 0.684. The smallest absolute Gasteiger partial charge is 0.315 e. The van der Waals surface area contributed by atoms with E-state index in [-0.39, 0.29) is 18.7 Å². The maximum atomic E-state index is 11.7. The molecule has 0 unspecified atom stereocenters. The second kappa shape index (κ2) is 9.33. The minimum Gasteiger partial charge on any atom is -0.396 e. The number of benzene rings is 1. The molecule has 128 valence electrons. The highest BCUT2D eigenvalue weighted by Gasteiger charge is 2.20. The fourth-order valence-corrected chi connectivity index (χ4v) is 2.97. The molecule has 0 radical (unpaired) electrons. The Morgan fingerprint density at radius 1 is 1.26 bits per heavy atom. The summed E-state index contributed by atoms with van der Waals surface area (Å²) < 4.78 is 0. The van der Waals surface area contributed by atoms with Crippen molar-refractivity contribution in [2.75, 3.05) is 26.2 Å². The van der Waals surface area contributed by atoms with Gasteiger partial charge in [0.15, 0.2) is 0 Å². The van der Waals surface area contributed by atoms with Crippen LogP contribution in [0.5, 0.6) is 0 Å². The monoisotopic (exact) mass is 359 g/mol. The molecule has 2 amide bonds. The van der Waals surface area contributed by atoms with Crippen molar-refractivity contribution in [3.63, 3.8) is 0 Å². The highest BCUT2D eigenvalue weighted by Crippen LogP contribution is 2.24. The lowest BCUT2D eigenvalue weighted by Gasteiger charge is -2.32. The third kappa shape index (κ3) is 6.18. The summed E-state index contributed by atoms with van der Waals surface area (Å²) in [5.41, 5.74) is 1.15. The van der Waals surface area contributed by atoms with Gasteiger partial charge in [0.05, 0.1) is 10.0 Å². The Balaban J connectivity index is 1.71. The van der Waals surface area contributed by atoms with Crippen molar-refractivity contribution in [1.29, 1.82) is 0 Å².